The molecule has 2 aromatic rings. The Kier molecular flexibility index (Phi) is 8.42. The lowest BCUT2D eigenvalue weighted by molar-refractivity contribution is 0.105. The Morgan fingerprint density at radius 1 is 0.844 bits per heavy atom. The highest BCUT2D eigenvalue weighted by molar-refractivity contribution is 5.61. The summed E-state index contributed by atoms with van der Waals surface area (Å²) >= 11 is 0. The maximum absolute atomic E-state index is 4.26. The largest absolute Gasteiger partial charge is 0.385 e. The summed E-state index contributed by atoms with van der Waals surface area (Å²) in [5.41, 5.74) is 4.93. The van der Waals surface area contributed by atoms with E-state index in [9.17, 15) is 0 Å². The second kappa shape index (κ2) is 11.7. The molecule has 0 unspecified atom stereocenters. The molecule has 0 amide bonds. The van der Waals surface area contributed by atoms with Crippen molar-refractivity contribution < 1.29 is 0 Å². The Hall–Kier alpha value is -2.10. The quantitative estimate of drug-likeness (QED) is 0.545. The van der Waals surface area contributed by atoms with E-state index in [4.69, 9.17) is 0 Å². The Balaban J connectivity index is 1.11. The molecule has 2 heterocycles. The average molecular weight is 432 g/mol. The van der Waals surface area contributed by atoms with Crippen molar-refractivity contribution in [2.75, 3.05) is 46.3 Å². The van der Waals surface area contributed by atoms with Crippen molar-refractivity contribution >= 4 is 5.70 Å². The van der Waals surface area contributed by atoms with Gasteiger partial charge in [0.1, 0.15) is 0 Å². The van der Waals surface area contributed by atoms with Crippen LogP contribution < -0.4 is 5.32 Å². The van der Waals surface area contributed by atoms with Gasteiger partial charge in [0.25, 0.3) is 0 Å². The summed E-state index contributed by atoms with van der Waals surface area (Å²) in [6, 6.07) is 19.5. The van der Waals surface area contributed by atoms with Crippen LogP contribution in [0.15, 0.2) is 61.2 Å². The molecule has 2 aliphatic rings. The molecule has 2 aliphatic heterocycles. The lowest BCUT2D eigenvalue weighted by Gasteiger charge is -2.39. The fraction of sp³-hybridized carbons (Fsp3) is 0.517. The van der Waals surface area contributed by atoms with Crippen LogP contribution in [0.4, 0.5) is 0 Å². The van der Waals surface area contributed by atoms with Gasteiger partial charge in [-0.15, -0.1) is 0 Å². The van der Waals surface area contributed by atoms with E-state index in [-0.39, 0.29) is 0 Å². The number of rotatable bonds is 9. The van der Waals surface area contributed by atoms with Gasteiger partial charge < -0.3 is 15.1 Å². The van der Waals surface area contributed by atoms with E-state index < -0.39 is 0 Å². The summed E-state index contributed by atoms with van der Waals surface area (Å²) in [5, 5.41) is 3.55. The summed E-state index contributed by atoms with van der Waals surface area (Å²) in [5.74, 6) is 1.96. The summed E-state index contributed by atoms with van der Waals surface area (Å²) in [7, 11) is 2.27. The molecule has 0 atom stereocenters. The molecule has 2 fully saturated rings. The molecule has 0 bridgehead atoms. The Morgan fingerprint density at radius 3 is 2.09 bits per heavy atom. The number of benzene rings is 2. The van der Waals surface area contributed by atoms with Crippen molar-refractivity contribution in [3.8, 4) is 0 Å². The van der Waals surface area contributed by atoms with Gasteiger partial charge in [0, 0.05) is 12.2 Å². The first-order valence-electron chi connectivity index (χ1n) is 12.6. The van der Waals surface area contributed by atoms with E-state index >= 15 is 0 Å². The third-order valence-corrected chi connectivity index (χ3v) is 7.61. The zero-order valence-electron chi connectivity index (χ0n) is 19.9. The Labute approximate surface area is 195 Å². The normalized spacial score (nSPS) is 19.2. The van der Waals surface area contributed by atoms with Gasteiger partial charge in [-0.3, -0.25) is 0 Å². The van der Waals surface area contributed by atoms with Gasteiger partial charge in [-0.2, -0.15) is 0 Å². The molecule has 2 saturated heterocycles. The lowest BCUT2D eigenvalue weighted by atomic mass is 9.79. The number of piperidine rings is 2. The molecular formula is C29H41N3. The van der Waals surface area contributed by atoms with Crippen molar-refractivity contribution in [3.63, 3.8) is 0 Å². The SMILES string of the molecule is C=C(NCCCN1CCC(C2CCN(C)CC2)CC1)c1ccc(Cc2ccccc2)cc1. The van der Waals surface area contributed by atoms with Gasteiger partial charge in [-0.1, -0.05) is 61.2 Å². The lowest BCUT2D eigenvalue weighted by Crippen LogP contribution is -2.40. The van der Waals surface area contributed by atoms with Crippen LogP contribution in [0.25, 0.3) is 5.70 Å². The molecule has 4 rings (SSSR count). The van der Waals surface area contributed by atoms with Gasteiger partial charge in [-0.05, 0) is 107 Å². The fourth-order valence-electron chi connectivity index (χ4n) is 5.45. The third-order valence-electron chi connectivity index (χ3n) is 7.61. The molecule has 0 radical (unpaired) electrons. The first-order valence-corrected chi connectivity index (χ1v) is 12.6. The van der Waals surface area contributed by atoms with E-state index in [1.165, 1.54) is 81.5 Å². The van der Waals surface area contributed by atoms with E-state index in [1.54, 1.807) is 0 Å². The van der Waals surface area contributed by atoms with Crippen LogP contribution in [0.3, 0.4) is 0 Å². The topological polar surface area (TPSA) is 18.5 Å². The number of nitrogens with zero attached hydrogens (tertiary/aromatic N) is 2. The first-order chi connectivity index (χ1) is 15.7. The average Bonchev–Trinajstić information content (AvgIpc) is 2.84. The van der Waals surface area contributed by atoms with Crippen LogP contribution in [-0.4, -0.2) is 56.1 Å². The van der Waals surface area contributed by atoms with Gasteiger partial charge in [0.15, 0.2) is 0 Å². The monoisotopic (exact) mass is 431 g/mol. The summed E-state index contributed by atoms with van der Waals surface area (Å²) in [4.78, 5) is 5.17. The van der Waals surface area contributed by atoms with Gasteiger partial charge in [-0.25, -0.2) is 0 Å². The number of hydrogen-bond donors (Lipinski definition) is 1. The summed E-state index contributed by atoms with van der Waals surface area (Å²) in [6.07, 6.45) is 7.81. The van der Waals surface area contributed by atoms with Gasteiger partial charge in [0.05, 0.1) is 0 Å². The molecule has 0 saturated carbocycles. The van der Waals surface area contributed by atoms with E-state index in [0.29, 0.717) is 0 Å². The van der Waals surface area contributed by atoms with Crippen LogP contribution in [-0.2, 0) is 6.42 Å². The fourth-order valence-corrected chi connectivity index (χ4v) is 5.45. The summed E-state index contributed by atoms with van der Waals surface area (Å²) in [6.45, 7) is 11.7. The maximum Gasteiger partial charge on any atom is 0.0340 e. The van der Waals surface area contributed by atoms with Crippen LogP contribution in [0.2, 0.25) is 0 Å². The molecule has 3 nitrogen and oxygen atoms in total. The number of likely N-dealkylation sites (tertiary alicyclic amines) is 2. The molecule has 1 N–H and O–H groups in total. The van der Waals surface area contributed by atoms with Crippen LogP contribution in [0, 0.1) is 11.8 Å². The van der Waals surface area contributed by atoms with Crippen molar-refractivity contribution in [1.82, 2.24) is 15.1 Å². The standard InChI is InChI=1S/C29H41N3/c1-24(27-11-9-26(10-12-27)23-25-7-4-3-5-8-25)30-17-6-18-32-21-15-29(16-22-32)28-13-19-31(2)20-14-28/h3-5,7-12,28-30H,1,6,13-23H2,2H3. The molecule has 2 aromatic carbocycles. The molecule has 0 aromatic heterocycles. The third kappa shape index (κ3) is 6.70. The van der Waals surface area contributed by atoms with Gasteiger partial charge in [0.2, 0.25) is 0 Å². The van der Waals surface area contributed by atoms with E-state index in [1.807, 2.05) is 0 Å². The summed E-state index contributed by atoms with van der Waals surface area (Å²) < 4.78 is 0. The number of nitrogens with one attached hydrogen (secondary N) is 1. The van der Waals surface area contributed by atoms with Crippen molar-refractivity contribution in [2.45, 2.75) is 38.5 Å². The molecular weight excluding hydrogens is 390 g/mol. The van der Waals surface area contributed by atoms with Crippen LogP contribution in [0.1, 0.15) is 48.8 Å². The second-order valence-corrected chi connectivity index (χ2v) is 9.94. The zero-order valence-corrected chi connectivity index (χ0v) is 19.9. The molecule has 32 heavy (non-hydrogen) atoms. The van der Waals surface area contributed by atoms with Crippen LogP contribution in [0.5, 0.6) is 0 Å². The highest BCUT2D eigenvalue weighted by Crippen LogP contribution is 2.32. The van der Waals surface area contributed by atoms with Crippen molar-refractivity contribution in [3.05, 3.63) is 77.9 Å². The predicted molar refractivity (Wildman–Crippen MR) is 137 cm³/mol. The minimum Gasteiger partial charge on any atom is -0.385 e. The van der Waals surface area contributed by atoms with Crippen LogP contribution >= 0.6 is 0 Å². The molecule has 0 spiro atoms. The molecule has 172 valence electrons. The molecule has 0 aliphatic carbocycles. The van der Waals surface area contributed by atoms with Gasteiger partial charge >= 0.3 is 0 Å². The minimum absolute atomic E-state index is 0.975. The first kappa shape index (κ1) is 23.1. The second-order valence-electron chi connectivity index (χ2n) is 9.94. The molecule has 3 heteroatoms. The predicted octanol–water partition coefficient (Wildman–Crippen LogP) is 5.28. The van der Waals surface area contributed by atoms with E-state index in [0.717, 1.165) is 30.5 Å². The number of hydrogen-bond acceptors (Lipinski definition) is 3. The Morgan fingerprint density at radius 2 is 1.44 bits per heavy atom. The highest BCUT2D eigenvalue weighted by atomic mass is 15.1. The highest BCUT2D eigenvalue weighted by Gasteiger charge is 2.28. The minimum atomic E-state index is 0.975. The zero-order chi connectivity index (χ0) is 22.2. The maximum atomic E-state index is 4.26. The smallest absolute Gasteiger partial charge is 0.0340 e. The van der Waals surface area contributed by atoms with Crippen molar-refractivity contribution in [1.29, 1.82) is 0 Å². The Bertz CT molecular complexity index is 813. The van der Waals surface area contributed by atoms with Crippen molar-refractivity contribution in [2.24, 2.45) is 11.8 Å². The van der Waals surface area contributed by atoms with E-state index in [2.05, 4.69) is 83.3 Å².